The first-order valence-corrected chi connectivity index (χ1v) is 8.24. The molecule has 1 fully saturated rings. The summed E-state index contributed by atoms with van der Waals surface area (Å²) in [7, 11) is 0. The summed E-state index contributed by atoms with van der Waals surface area (Å²) in [6, 6.07) is 19.0. The monoisotopic (exact) mass is 291 g/mol. The molecule has 0 spiro atoms. The van der Waals surface area contributed by atoms with Crippen molar-refractivity contribution in [2.24, 2.45) is 5.92 Å². The van der Waals surface area contributed by atoms with Crippen molar-refractivity contribution in [3.63, 3.8) is 0 Å². The lowest BCUT2D eigenvalue weighted by molar-refractivity contribution is -0.119. The second kappa shape index (κ2) is 5.60. The number of carbonyl (C=O) groups excluding carboxylic acids is 1. The van der Waals surface area contributed by atoms with E-state index in [4.69, 9.17) is 0 Å². The maximum atomic E-state index is 12.7. The van der Waals surface area contributed by atoms with Gasteiger partial charge in [-0.1, -0.05) is 48.5 Å². The molecule has 0 radical (unpaired) electrons. The first kappa shape index (κ1) is 13.6. The molecule has 0 saturated heterocycles. The zero-order valence-corrected chi connectivity index (χ0v) is 12.7. The molecule has 2 aromatic rings. The van der Waals surface area contributed by atoms with Crippen LogP contribution in [0.5, 0.6) is 0 Å². The smallest absolute Gasteiger partial charge is 0.227 e. The highest BCUT2D eigenvalue weighted by atomic mass is 16.2. The number of nitrogens with zero attached hydrogens (tertiary/aromatic N) is 1. The first-order chi connectivity index (χ1) is 10.8. The molecule has 1 unspecified atom stereocenters. The number of para-hydroxylation sites is 1. The number of carbonyl (C=O) groups is 1. The largest absolute Gasteiger partial charge is 0.312 e. The molecule has 1 aliphatic carbocycles. The highest BCUT2D eigenvalue weighted by Crippen LogP contribution is 2.38. The molecule has 0 N–H and O–H groups in total. The number of fused-ring (bicyclic) bond motifs is 1. The fourth-order valence-corrected chi connectivity index (χ4v) is 3.46. The summed E-state index contributed by atoms with van der Waals surface area (Å²) < 4.78 is 0. The number of hydrogen-bond acceptors (Lipinski definition) is 1. The standard InChI is InChI=1S/C20H21NO/c22-20(12-15-10-11-15)21-14-18(16-6-2-1-3-7-16)13-17-8-4-5-9-19(17)21/h1-9,15,18H,10-14H2. The molecule has 1 aliphatic heterocycles. The third-order valence-corrected chi connectivity index (χ3v) is 4.88. The summed E-state index contributed by atoms with van der Waals surface area (Å²) >= 11 is 0. The number of rotatable bonds is 3. The van der Waals surface area contributed by atoms with E-state index in [1.54, 1.807) is 0 Å². The molecule has 1 amide bonds. The minimum atomic E-state index is 0.301. The van der Waals surface area contributed by atoms with Gasteiger partial charge in [-0.3, -0.25) is 4.79 Å². The van der Waals surface area contributed by atoms with Crippen molar-refractivity contribution in [3.8, 4) is 0 Å². The Morgan fingerprint density at radius 1 is 1.00 bits per heavy atom. The predicted molar refractivity (Wildman–Crippen MR) is 89.0 cm³/mol. The van der Waals surface area contributed by atoms with Crippen LogP contribution >= 0.6 is 0 Å². The van der Waals surface area contributed by atoms with E-state index in [0.717, 1.165) is 25.1 Å². The maximum absolute atomic E-state index is 12.7. The Kier molecular flexibility index (Phi) is 3.45. The van der Waals surface area contributed by atoms with Crippen LogP contribution in [0.4, 0.5) is 5.69 Å². The van der Waals surface area contributed by atoms with Crippen LogP contribution in [0.3, 0.4) is 0 Å². The van der Waals surface area contributed by atoms with E-state index in [-0.39, 0.29) is 0 Å². The Morgan fingerprint density at radius 2 is 1.73 bits per heavy atom. The molecule has 22 heavy (non-hydrogen) atoms. The van der Waals surface area contributed by atoms with Crippen molar-refractivity contribution in [1.82, 2.24) is 0 Å². The van der Waals surface area contributed by atoms with E-state index in [9.17, 15) is 4.79 Å². The molecule has 112 valence electrons. The van der Waals surface area contributed by atoms with Crippen molar-refractivity contribution in [2.45, 2.75) is 31.6 Å². The third kappa shape index (κ3) is 2.66. The van der Waals surface area contributed by atoms with Crippen LogP contribution in [0, 0.1) is 5.92 Å². The van der Waals surface area contributed by atoms with Crippen molar-refractivity contribution in [2.75, 3.05) is 11.4 Å². The molecule has 1 atom stereocenters. The quantitative estimate of drug-likeness (QED) is 0.831. The molecule has 1 heterocycles. The molecule has 4 rings (SSSR count). The normalized spacial score (nSPS) is 20.5. The van der Waals surface area contributed by atoms with E-state index >= 15 is 0 Å². The van der Waals surface area contributed by atoms with Crippen LogP contribution in [0.15, 0.2) is 54.6 Å². The topological polar surface area (TPSA) is 20.3 Å². The molecule has 2 heteroatoms. The Balaban J connectivity index is 1.65. The van der Waals surface area contributed by atoms with E-state index < -0.39 is 0 Å². The average molecular weight is 291 g/mol. The predicted octanol–water partition coefficient (Wildman–Crippen LogP) is 4.16. The minimum Gasteiger partial charge on any atom is -0.312 e. The summed E-state index contributed by atoms with van der Waals surface area (Å²) in [5, 5.41) is 0. The second-order valence-electron chi connectivity index (χ2n) is 6.59. The van der Waals surface area contributed by atoms with Gasteiger partial charge in [-0.25, -0.2) is 0 Å². The number of amides is 1. The van der Waals surface area contributed by atoms with Gasteiger partial charge in [0.1, 0.15) is 0 Å². The highest BCUT2D eigenvalue weighted by Gasteiger charge is 2.32. The molecule has 0 aromatic heterocycles. The van der Waals surface area contributed by atoms with Crippen molar-refractivity contribution in [1.29, 1.82) is 0 Å². The summed E-state index contributed by atoms with van der Waals surface area (Å²) in [6.07, 6.45) is 4.19. The zero-order chi connectivity index (χ0) is 14.9. The lowest BCUT2D eigenvalue weighted by Gasteiger charge is -2.35. The van der Waals surface area contributed by atoms with Gasteiger partial charge in [0, 0.05) is 24.6 Å². The Hall–Kier alpha value is -2.09. The van der Waals surface area contributed by atoms with Gasteiger partial charge in [-0.15, -0.1) is 0 Å². The molecule has 0 bridgehead atoms. The van der Waals surface area contributed by atoms with Crippen LogP contribution in [-0.2, 0) is 11.2 Å². The fourth-order valence-electron chi connectivity index (χ4n) is 3.46. The Bertz CT molecular complexity index is 675. The summed E-state index contributed by atoms with van der Waals surface area (Å²) in [4.78, 5) is 14.8. The van der Waals surface area contributed by atoms with Crippen molar-refractivity contribution in [3.05, 3.63) is 65.7 Å². The average Bonchev–Trinajstić information content (AvgIpc) is 3.38. The first-order valence-electron chi connectivity index (χ1n) is 8.24. The van der Waals surface area contributed by atoms with Crippen molar-refractivity contribution >= 4 is 11.6 Å². The lowest BCUT2D eigenvalue weighted by Crippen LogP contribution is -2.39. The molecular formula is C20H21NO. The molecular weight excluding hydrogens is 270 g/mol. The second-order valence-corrected chi connectivity index (χ2v) is 6.59. The van der Waals surface area contributed by atoms with Crippen LogP contribution in [0.25, 0.3) is 0 Å². The Labute approximate surface area is 131 Å². The summed E-state index contributed by atoms with van der Waals surface area (Å²) in [6.45, 7) is 0.812. The Morgan fingerprint density at radius 3 is 2.50 bits per heavy atom. The van der Waals surface area contributed by atoms with Gasteiger partial charge < -0.3 is 4.90 Å². The van der Waals surface area contributed by atoms with Crippen LogP contribution in [0.2, 0.25) is 0 Å². The van der Waals surface area contributed by atoms with Gasteiger partial charge >= 0.3 is 0 Å². The van der Waals surface area contributed by atoms with Gasteiger partial charge in [-0.05, 0) is 42.4 Å². The summed E-state index contributed by atoms with van der Waals surface area (Å²) in [5.41, 5.74) is 3.76. The minimum absolute atomic E-state index is 0.301. The number of benzene rings is 2. The lowest BCUT2D eigenvalue weighted by atomic mass is 9.87. The molecule has 2 aliphatic rings. The number of hydrogen-bond donors (Lipinski definition) is 0. The van der Waals surface area contributed by atoms with Crippen LogP contribution in [-0.4, -0.2) is 12.5 Å². The zero-order valence-electron chi connectivity index (χ0n) is 12.7. The molecule has 2 nitrogen and oxygen atoms in total. The SMILES string of the molecule is O=C(CC1CC1)N1CC(c2ccccc2)Cc2ccccc21. The van der Waals surface area contributed by atoms with Crippen LogP contribution < -0.4 is 4.90 Å². The molecule has 1 saturated carbocycles. The van der Waals surface area contributed by atoms with Gasteiger partial charge in [0.05, 0.1) is 0 Å². The number of anilines is 1. The van der Waals surface area contributed by atoms with Crippen molar-refractivity contribution < 1.29 is 4.79 Å². The molecule has 2 aromatic carbocycles. The van der Waals surface area contributed by atoms with Gasteiger partial charge in [-0.2, -0.15) is 0 Å². The fraction of sp³-hybridized carbons (Fsp3) is 0.350. The van der Waals surface area contributed by atoms with Crippen LogP contribution in [0.1, 0.15) is 36.3 Å². The van der Waals surface area contributed by atoms with Gasteiger partial charge in [0.2, 0.25) is 5.91 Å². The summed E-state index contributed by atoms with van der Waals surface area (Å²) in [5.74, 6) is 1.34. The van der Waals surface area contributed by atoms with E-state index in [2.05, 4.69) is 48.5 Å². The van der Waals surface area contributed by atoms with E-state index in [1.807, 2.05) is 11.0 Å². The van der Waals surface area contributed by atoms with E-state index in [0.29, 0.717) is 17.7 Å². The third-order valence-electron chi connectivity index (χ3n) is 4.88. The van der Waals surface area contributed by atoms with Gasteiger partial charge in [0.25, 0.3) is 0 Å². The van der Waals surface area contributed by atoms with E-state index in [1.165, 1.54) is 24.0 Å². The highest BCUT2D eigenvalue weighted by molar-refractivity contribution is 5.95. The van der Waals surface area contributed by atoms with Gasteiger partial charge in [0.15, 0.2) is 0 Å². The maximum Gasteiger partial charge on any atom is 0.227 e.